The summed E-state index contributed by atoms with van der Waals surface area (Å²) in [5, 5.41) is 6.84. The number of pyridine rings is 1. The summed E-state index contributed by atoms with van der Waals surface area (Å²) in [6, 6.07) is 13.3. The number of hydrogen-bond donors (Lipinski definition) is 1. The Labute approximate surface area is 245 Å². The molecule has 5 rings (SSSR count). The van der Waals surface area contributed by atoms with Crippen molar-refractivity contribution in [1.29, 1.82) is 0 Å². The fraction of sp³-hybridized carbons (Fsp3) is 0.214. The smallest absolute Gasteiger partial charge is 0.176 e. The molecule has 0 amide bonds. The maximum Gasteiger partial charge on any atom is 0.176 e. The van der Waals surface area contributed by atoms with Gasteiger partial charge in [-0.3, -0.25) is 4.98 Å². The van der Waals surface area contributed by atoms with Gasteiger partial charge in [0, 0.05) is 22.2 Å². The summed E-state index contributed by atoms with van der Waals surface area (Å²) < 4.78 is 48.7. The third-order valence-corrected chi connectivity index (χ3v) is 9.23. The number of thiazole rings is 1. The number of benzene rings is 2. The van der Waals surface area contributed by atoms with Crippen molar-refractivity contribution in [2.45, 2.75) is 32.5 Å². The fourth-order valence-electron chi connectivity index (χ4n) is 3.84. The van der Waals surface area contributed by atoms with Crippen LogP contribution in [-0.2, 0) is 27.8 Å². The number of nitrogens with zero attached hydrogens (tertiary/aromatic N) is 4. The summed E-state index contributed by atoms with van der Waals surface area (Å²) in [7, 11) is -3.30. The van der Waals surface area contributed by atoms with Crippen LogP contribution in [0.1, 0.15) is 24.4 Å². The number of sulfone groups is 1. The number of nitrogens with one attached hydrogen (secondary N) is 1. The molecule has 0 saturated carbocycles. The van der Waals surface area contributed by atoms with E-state index in [1.165, 1.54) is 36.7 Å². The molecular formula is C28H25ClFN5O4S2. The molecule has 2 aromatic carbocycles. The molecule has 9 nitrogen and oxygen atoms in total. The predicted octanol–water partition coefficient (Wildman–Crippen LogP) is 6.56. The van der Waals surface area contributed by atoms with Crippen molar-refractivity contribution in [2.24, 2.45) is 0 Å². The summed E-state index contributed by atoms with van der Waals surface area (Å²) in [4.78, 5) is 17.8. The average molecular weight is 614 g/mol. The van der Waals surface area contributed by atoms with Crippen molar-refractivity contribution in [1.82, 2.24) is 19.9 Å². The third kappa shape index (κ3) is 6.96. The molecule has 0 saturated heterocycles. The van der Waals surface area contributed by atoms with Crippen molar-refractivity contribution in [3.8, 4) is 17.1 Å². The highest BCUT2D eigenvalue weighted by atomic mass is 35.5. The predicted molar refractivity (Wildman–Crippen MR) is 158 cm³/mol. The first-order valence-electron chi connectivity index (χ1n) is 12.5. The van der Waals surface area contributed by atoms with Crippen LogP contribution in [0, 0.1) is 5.82 Å². The molecule has 41 heavy (non-hydrogen) atoms. The molecule has 0 radical (unpaired) electrons. The van der Waals surface area contributed by atoms with E-state index in [0.717, 1.165) is 0 Å². The van der Waals surface area contributed by atoms with Crippen LogP contribution < -0.4 is 10.1 Å². The first-order valence-corrected chi connectivity index (χ1v) is 15.5. The number of fused-ring (bicyclic) bond motifs is 1. The van der Waals surface area contributed by atoms with Gasteiger partial charge in [-0.15, -0.1) is 11.3 Å². The topological polar surface area (TPSA) is 116 Å². The minimum absolute atomic E-state index is 0.0113. The summed E-state index contributed by atoms with van der Waals surface area (Å²) in [6.07, 6.45) is 3.08. The van der Waals surface area contributed by atoms with Crippen LogP contribution >= 0.6 is 22.9 Å². The zero-order valence-electron chi connectivity index (χ0n) is 22.0. The summed E-state index contributed by atoms with van der Waals surface area (Å²) in [6.45, 7) is 3.37. The Bertz CT molecular complexity index is 1800. The molecule has 0 aliphatic heterocycles. The molecule has 212 valence electrons. The minimum atomic E-state index is -3.30. The van der Waals surface area contributed by atoms with Crippen LogP contribution in [0.4, 0.5) is 15.9 Å². The van der Waals surface area contributed by atoms with Gasteiger partial charge in [-0.1, -0.05) is 30.7 Å². The lowest BCUT2D eigenvalue weighted by atomic mass is 10.2. The second kappa shape index (κ2) is 12.4. The average Bonchev–Trinajstić information content (AvgIpc) is 3.44. The van der Waals surface area contributed by atoms with Crippen LogP contribution in [0.5, 0.6) is 5.75 Å². The monoisotopic (exact) mass is 613 g/mol. The van der Waals surface area contributed by atoms with Gasteiger partial charge in [-0.2, -0.15) is 0 Å². The second-order valence-corrected chi connectivity index (χ2v) is 12.9. The highest BCUT2D eigenvalue weighted by molar-refractivity contribution is 7.91. The lowest BCUT2D eigenvalue weighted by Gasteiger charge is -2.12. The van der Waals surface area contributed by atoms with E-state index in [-0.39, 0.29) is 24.8 Å². The Kier molecular flexibility index (Phi) is 8.74. The Hall–Kier alpha value is -3.71. The van der Waals surface area contributed by atoms with Gasteiger partial charge in [0.1, 0.15) is 41.9 Å². The van der Waals surface area contributed by atoms with Gasteiger partial charge in [0.05, 0.1) is 28.1 Å². The van der Waals surface area contributed by atoms with Gasteiger partial charge in [0.2, 0.25) is 0 Å². The standard InChI is InChI=1S/C28H25ClFN5O4S2/c1-3-41(36,37)17(2)38-14-27-35-25(15-40-27)23-11-21-24(12-31-23)32-16-33-28(21)34-20-7-8-26(22(29)10-20)39-13-18-5-4-6-19(30)9-18/h4-12,15-17H,3,13-14H2,1-2H3,(H,32,33,34). The number of anilines is 2. The number of halogens is 2. The molecule has 1 unspecified atom stereocenters. The normalized spacial score (nSPS) is 12.4. The van der Waals surface area contributed by atoms with Crippen LogP contribution in [-0.4, -0.2) is 39.5 Å². The molecule has 3 heterocycles. The second-order valence-electron chi connectivity index (χ2n) is 8.95. The minimum Gasteiger partial charge on any atom is -0.487 e. The third-order valence-electron chi connectivity index (χ3n) is 6.16. The van der Waals surface area contributed by atoms with Gasteiger partial charge in [0.25, 0.3) is 0 Å². The van der Waals surface area contributed by atoms with Crippen molar-refractivity contribution in [3.05, 3.63) is 87.8 Å². The molecule has 0 bridgehead atoms. The molecule has 5 aromatic rings. The number of hydrogen-bond acceptors (Lipinski definition) is 10. The van der Waals surface area contributed by atoms with Crippen molar-refractivity contribution in [2.75, 3.05) is 11.1 Å². The molecule has 0 aliphatic rings. The van der Waals surface area contributed by atoms with Gasteiger partial charge in [-0.25, -0.2) is 27.8 Å². The Morgan fingerprint density at radius 1 is 1.07 bits per heavy atom. The molecule has 1 atom stereocenters. The lowest BCUT2D eigenvalue weighted by molar-refractivity contribution is 0.103. The molecule has 13 heteroatoms. The van der Waals surface area contributed by atoms with Crippen molar-refractivity contribution < 1.29 is 22.3 Å². The van der Waals surface area contributed by atoms with Crippen LogP contribution in [0.25, 0.3) is 22.3 Å². The van der Waals surface area contributed by atoms with Crippen LogP contribution in [0.2, 0.25) is 5.02 Å². The first kappa shape index (κ1) is 28.8. The maximum atomic E-state index is 13.4. The molecular weight excluding hydrogens is 589 g/mol. The molecule has 0 spiro atoms. The van der Waals surface area contributed by atoms with Gasteiger partial charge in [0.15, 0.2) is 15.3 Å². The Morgan fingerprint density at radius 2 is 1.93 bits per heavy atom. The van der Waals surface area contributed by atoms with E-state index in [2.05, 4.69) is 25.3 Å². The Morgan fingerprint density at radius 3 is 2.71 bits per heavy atom. The number of aromatic nitrogens is 4. The quantitative estimate of drug-likeness (QED) is 0.177. The number of rotatable bonds is 11. The summed E-state index contributed by atoms with van der Waals surface area (Å²) in [5.41, 5.74) is 2.32. The van der Waals surface area contributed by atoms with Crippen LogP contribution in [0.3, 0.4) is 0 Å². The van der Waals surface area contributed by atoms with E-state index < -0.39 is 15.3 Å². The fourth-order valence-corrected chi connectivity index (χ4v) is 5.53. The molecule has 3 aromatic heterocycles. The summed E-state index contributed by atoms with van der Waals surface area (Å²) in [5.74, 6) is 0.689. The lowest BCUT2D eigenvalue weighted by Crippen LogP contribution is -2.22. The van der Waals surface area contributed by atoms with E-state index in [9.17, 15) is 12.8 Å². The molecule has 0 fully saturated rings. The van der Waals surface area contributed by atoms with Gasteiger partial charge in [-0.05, 0) is 48.9 Å². The van der Waals surface area contributed by atoms with Gasteiger partial charge < -0.3 is 14.8 Å². The summed E-state index contributed by atoms with van der Waals surface area (Å²) >= 11 is 7.82. The first-order chi connectivity index (χ1) is 19.7. The van der Waals surface area contributed by atoms with E-state index in [1.54, 1.807) is 43.5 Å². The zero-order valence-corrected chi connectivity index (χ0v) is 24.4. The van der Waals surface area contributed by atoms with Gasteiger partial charge >= 0.3 is 0 Å². The number of ether oxygens (including phenoxy) is 2. The molecule has 1 N–H and O–H groups in total. The molecule has 0 aliphatic carbocycles. The van der Waals surface area contributed by atoms with E-state index >= 15 is 0 Å². The Balaban J connectivity index is 1.31. The van der Waals surface area contributed by atoms with Crippen LogP contribution in [0.15, 0.2) is 66.4 Å². The largest absolute Gasteiger partial charge is 0.487 e. The van der Waals surface area contributed by atoms with Crippen molar-refractivity contribution in [3.63, 3.8) is 0 Å². The zero-order chi connectivity index (χ0) is 29.0. The van der Waals surface area contributed by atoms with E-state index in [0.29, 0.717) is 55.1 Å². The highest BCUT2D eigenvalue weighted by Crippen LogP contribution is 2.32. The van der Waals surface area contributed by atoms with Crippen molar-refractivity contribution >= 4 is 55.2 Å². The highest BCUT2D eigenvalue weighted by Gasteiger charge is 2.20. The maximum absolute atomic E-state index is 13.4. The SMILES string of the molecule is CCS(=O)(=O)C(C)OCc1nc(-c2cc3c(Nc4ccc(OCc5cccc(F)c5)c(Cl)c4)ncnc3cn2)cs1. The van der Waals surface area contributed by atoms with E-state index in [1.807, 2.05) is 11.4 Å². The van der Waals surface area contributed by atoms with E-state index in [4.69, 9.17) is 21.1 Å².